The van der Waals surface area contributed by atoms with E-state index in [1.54, 1.807) is 0 Å². The Balaban J connectivity index is 3.32. The fourth-order valence-electron chi connectivity index (χ4n) is 1.16. The summed E-state index contributed by atoms with van der Waals surface area (Å²) in [7, 11) is -0.293. The van der Waals surface area contributed by atoms with Gasteiger partial charge in [-0.1, -0.05) is 32.8 Å². The van der Waals surface area contributed by atoms with E-state index in [2.05, 4.69) is 20.4 Å². The van der Waals surface area contributed by atoms with Gasteiger partial charge in [0, 0.05) is 6.10 Å². The standard InChI is InChI=1S/C10H22OSi/c1-4-7-8-10(6-3)11-12-9-5-2/h5,10H,2,4,6-9,12H2,1,3H3. The van der Waals surface area contributed by atoms with Crippen molar-refractivity contribution in [3.05, 3.63) is 12.7 Å². The Kier molecular flexibility index (Phi) is 8.95. The van der Waals surface area contributed by atoms with Gasteiger partial charge in [-0.25, -0.2) is 0 Å². The maximum Gasteiger partial charge on any atom is 0.165 e. The Morgan fingerprint density at radius 2 is 2.25 bits per heavy atom. The minimum Gasteiger partial charge on any atom is -0.421 e. The summed E-state index contributed by atoms with van der Waals surface area (Å²) in [6, 6.07) is 1.11. The fourth-order valence-corrected chi connectivity index (χ4v) is 2.19. The van der Waals surface area contributed by atoms with Gasteiger partial charge in [0.1, 0.15) is 0 Å². The van der Waals surface area contributed by atoms with Gasteiger partial charge in [-0.3, -0.25) is 0 Å². The summed E-state index contributed by atoms with van der Waals surface area (Å²) in [4.78, 5) is 0. The molecule has 0 saturated heterocycles. The Hall–Kier alpha value is -0.0831. The molecule has 0 spiro atoms. The number of allylic oxidation sites excluding steroid dienone is 1. The van der Waals surface area contributed by atoms with Crippen LogP contribution in [-0.4, -0.2) is 15.9 Å². The third kappa shape index (κ3) is 6.62. The van der Waals surface area contributed by atoms with Crippen LogP contribution in [0.25, 0.3) is 0 Å². The topological polar surface area (TPSA) is 9.23 Å². The van der Waals surface area contributed by atoms with E-state index in [-0.39, 0.29) is 9.76 Å². The van der Waals surface area contributed by atoms with E-state index < -0.39 is 0 Å². The van der Waals surface area contributed by atoms with E-state index in [0.717, 1.165) is 6.04 Å². The van der Waals surface area contributed by atoms with Gasteiger partial charge in [-0.05, 0) is 18.9 Å². The van der Waals surface area contributed by atoms with E-state index in [9.17, 15) is 0 Å². The molecule has 1 atom stereocenters. The normalized spacial score (nSPS) is 13.8. The van der Waals surface area contributed by atoms with Crippen LogP contribution in [0.5, 0.6) is 0 Å². The summed E-state index contributed by atoms with van der Waals surface area (Å²) in [5.41, 5.74) is 0. The lowest BCUT2D eigenvalue weighted by Crippen LogP contribution is -2.14. The Morgan fingerprint density at radius 3 is 2.75 bits per heavy atom. The molecule has 0 rings (SSSR count). The molecule has 0 radical (unpaired) electrons. The zero-order valence-electron chi connectivity index (χ0n) is 8.51. The van der Waals surface area contributed by atoms with Crippen molar-refractivity contribution < 1.29 is 4.43 Å². The van der Waals surface area contributed by atoms with Crippen molar-refractivity contribution in [2.24, 2.45) is 0 Å². The van der Waals surface area contributed by atoms with Gasteiger partial charge in [-0.15, -0.1) is 6.58 Å². The molecule has 0 aliphatic carbocycles. The number of rotatable bonds is 8. The highest BCUT2D eigenvalue weighted by atomic mass is 28.2. The van der Waals surface area contributed by atoms with Crippen LogP contribution in [0.15, 0.2) is 12.7 Å². The van der Waals surface area contributed by atoms with E-state index in [1.165, 1.54) is 25.7 Å². The average molecular weight is 186 g/mol. The van der Waals surface area contributed by atoms with Crippen LogP contribution in [0.2, 0.25) is 6.04 Å². The number of hydrogen-bond donors (Lipinski definition) is 0. The van der Waals surface area contributed by atoms with Gasteiger partial charge in [0.05, 0.1) is 0 Å². The second-order valence-electron chi connectivity index (χ2n) is 3.12. The highest BCUT2D eigenvalue weighted by molar-refractivity contribution is 6.27. The molecule has 0 bridgehead atoms. The molecule has 0 amide bonds. The van der Waals surface area contributed by atoms with Gasteiger partial charge in [0.2, 0.25) is 0 Å². The molecule has 0 aliphatic heterocycles. The van der Waals surface area contributed by atoms with E-state index in [1.807, 2.05) is 6.08 Å². The van der Waals surface area contributed by atoms with Crippen molar-refractivity contribution in [2.75, 3.05) is 0 Å². The molecule has 0 aromatic carbocycles. The van der Waals surface area contributed by atoms with Crippen LogP contribution < -0.4 is 0 Å². The second-order valence-corrected chi connectivity index (χ2v) is 4.44. The third-order valence-electron chi connectivity index (χ3n) is 2.01. The van der Waals surface area contributed by atoms with Gasteiger partial charge in [0.15, 0.2) is 9.76 Å². The highest BCUT2D eigenvalue weighted by Crippen LogP contribution is 2.08. The van der Waals surface area contributed by atoms with Crippen LogP contribution in [0.1, 0.15) is 39.5 Å². The molecule has 0 aliphatic rings. The van der Waals surface area contributed by atoms with Gasteiger partial charge >= 0.3 is 0 Å². The molecule has 0 fully saturated rings. The maximum absolute atomic E-state index is 5.80. The first-order valence-electron chi connectivity index (χ1n) is 5.07. The Bertz CT molecular complexity index is 104. The quantitative estimate of drug-likeness (QED) is 0.322. The minimum atomic E-state index is -0.293. The molecule has 72 valence electrons. The molecule has 1 nitrogen and oxygen atoms in total. The summed E-state index contributed by atoms with van der Waals surface area (Å²) >= 11 is 0. The second kappa shape index (κ2) is 9.01. The molecule has 0 aromatic heterocycles. The summed E-state index contributed by atoms with van der Waals surface area (Å²) in [5.74, 6) is 0. The maximum atomic E-state index is 5.80. The molecule has 0 heterocycles. The van der Waals surface area contributed by atoms with Crippen molar-refractivity contribution in [1.29, 1.82) is 0 Å². The van der Waals surface area contributed by atoms with Crippen LogP contribution in [-0.2, 0) is 4.43 Å². The number of hydrogen-bond acceptors (Lipinski definition) is 1. The van der Waals surface area contributed by atoms with Gasteiger partial charge in [-0.2, -0.15) is 0 Å². The lowest BCUT2D eigenvalue weighted by Gasteiger charge is -2.15. The van der Waals surface area contributed by atoms with Crippen molar-refractivity contribution in [3.63, 3.8) is 0 Å². The third-order valence-corrected chi connectivity index (χ3v) is 3.36. The summed E-state index contributed by atoms with van der Waals surface area (Å²) in [5, 5.41) is 0. The first kappa shape index (κ1) is 11.9. The van der Waals surface area contributed by atoms with Crippen molar-refractivity contribution >= 4 is 9.76 Å². The molecule has 1 unspecified atom stereocenters. The zero-order chi connectivity index (χ0) is 9.23. The monoisotopic (exact) mass is 186 g/mol. The van der Waals surface area contributed by atoms with Crippen molar-refractivity contribution in [2.45, 2.75) is 51.7 Å². The first-order valence-corrected chi connectivity index (χ1v) is 6.65. The molecular weight excluding hydrogens is 164 g/mol. The largest absolute Gasteiger partial charge is 0.421 e. The SMILES string of the molecule is C=CC[SiH2]OC(CC)CCCC. The predicted octanol–water partition coefficient (Wildman–Crippen LogP) is 2.66. The Morgan fingerprint density at radius 1 is 1.50 bits per heavy atom. The lowest BCUT2D eigenvalue weighted by atomic mass is 10.1. The van der Waals surface area contributed by atoms with Crippen molar-refractivity contribution in [3.8, 4) is 0 Å². The van der Waals surface area contributed by atoms with E-state index >= 15 is 0 Å². The highest BCUT2D eigenvalue weighted by Gasteiger charge is 2.03. The summed E-state index contributed by atoms with van der Waals surface area (Å²) < 4.78 is 5.80. The van der Waals surface area contributed by atoms with Crippen LogP contribution >= 0.6 is 0 Å². The van der Waals surface area contributed by atoms with Crippen LogP contribution in [0, 0.1) is 0 Å². The van der Waals surface area contributed by atoms with Crippen LogP contribution in [0.4, 0.5) is 0 Å². The predicted molar refractivity (Wildman–Crippen MR) is 58.2 cm³/mol. The molecular formula is C10H22OSi. The van der Waals surface area contributed by atoms with Crippen LogP contribution in [0.3, 0.4) is 0 Å². The lowest BCUT2D eigenvalue weighted by molar-refractivity contribution is 0.193. The van der Waals surface area contributed by atoms with Gasteiger partial charge < -0.3 is 4.43 Å². The zero-order valence-corrected chi connectivity index (χ0v) is 9.93. The molecule has 2 heteroatoms. The van der Waals surface area contributed by atoms with E-state index in [0.29, 0.717) is 6.10 Å². The average Bonchev–Trinajstić information content (AvgIpc) is 2.11. The first-order chi connectivity index (χ1) is 5.85. The minimum absolute atomic E-state index is 0.293. The van der Waals surface area contributed by atoms with E-state index in [4.69, 9.17) is 4.43 Å². The summed E-state index contributed by atoms with van der Waals surface area (Å²) in [6.07, 6.45) is 7.51. The van der Waals surface area contributed by atoms with Crippen molar-refractivity contribution in [1.82, 2.24) is 0 Å². The summed E-state index contributed by atoms with van der Waals surface area (Å²) in [6.45, 7) is 8.14. The molecule has 0 N–H and O–H groups in total. The smallest absolute Gasteiger partial charge is 0.165 e. The fraction of sp³-hybridized carbons (Fsp3) is 0.800. The molecule has 12 heavy (non-hydrogen) atoms. The molecule has 0 aromatic rings. The Labute approximate surface area is 79.1 Å². The number of unbranched alkanes of at least 4 members (excludes halogenated alkanes) is 1. The van der Waals surface area contributed by atoms with Gasteiger partial charge in [0.25, 0.3) is 0 Å². The molecule has 0 saturated carbocycles.